The van der Waals surface area contributed by atoms with E-state index in [1.807, 2.05) is 0 Å². The van der Waals surface area contributed by atoms with Crippen molar-refractivity contribution in [3.05, 3.63) is 35.4 Å². The topological polar surface area (TPSA) is 20.2 Å². The molecule has 1 aliphatic rings. The van der Waals surface area contributed by atoms with E-state index >= 15 is 0 Å². The Morgan fingerprint density at radius 3 is 2.85 bits per heavy atom. The molecule has 0 spiro atoms. The van der Waals surface area contributed by atoms with E-state index in [1.54, 1.807) is 0 Å². The van der Waals surface area contributed by atoms with E-state index in [1.165, 1.54) is 17.5 Å². The largest absolute Gasteiger partial charge is 0.396 e. The van der Waals surface area contributed by atoms with Crippen molar-refractivity contribution in [2.75, 3.05) is 6.61 Å². The molecule has 1 nitrogen and oxygen atoms in total. The van der Waals surface area contributed by atoms with Crippen LogP contribution in [0.5, 0.6) is 0 Å². The van der Waals surface area contributed by atoms with Crippen molar-refractivity contribution in [1.29, 1.82) is 0 Å². The van der Waals surface area contributed by atoms with Crippen LogP contribution in [-0.4, -0.2) is 11.7 Å². The van der Waals surface area contributed by atoms with Gasteiger partial charge in [0, 0.05) is 6.61 Å². The van der Waals surface area contributed by atoms with Gasteiger partial charge in [-0.25, -0.2) is 0 Å². The molecular weight excluding hydrogens is 160 g/mol. The molecule has 0 aliphatic heterocycles. The number of hydrogen-bond acceptors (Lipinski definition) is 1. The van der Waals surface area contributed by atoms with Gasteiger partial charge in [-0.1, -0.05) is 24.3 Å². The first-order chi connectivity index (χ1) is 6.33. The molecule has 70 valence electrons. The quantitative estimate of drug-likeness (QED) is 0.750. The van der Waals surface area contributed by atoms with Crippen LogP contribution in [0.15, 0.2) is 24.3 Å². The van der Waals surface area contributed by atoms with E-state index in [0.29, 0.717) is 6.61 Å². The summed E-state index contributed by atoms with van der Waals surface area (Å²) in [4.78, 5) is 0. The molecule has 1 aliphatic carbocycles. The van der Waals surface area contributed by atoms with E-state index < -0.39 is 0 Å². The van der Waals surface area contributed by atoms with Gasteiger partial charge in [-0.2, -0.15) is 0 Å². The molecule has 2 unspecified atom stereocenters. The zero-order chi connectivity index (χ0) is 9.26. The fourth-order valence-electron chi connectivity index (χ4n) is 2.12. The van der Waals surface area contributed by atoms with E-state index in [-0.39, 0.29) is 0 Å². The lowest BCUT2D eigenvalue weighted by atomic mass is 10.0. The Bertz CT molecular complexity index is 293. The lowest BCUT2D eigenvalue weighted by molar-refractivity contribution is 0.279. The zero-order valence-corrected chi connectivity index (χ0v) is 8.03. The molecule has 1 saturated carbocycles. The smallest absolute Gasteiger partial charge is 0.0433 e. The molecule has 2 rings (SSSR count). The summed E-state index contributed by atoms with van der Waals surface area (Å²) in [5.41, 5.74) is 2.88. The fraction of sp³-hybridized carbons (Fsp3) is 0.500. The molecule has 0 saturated heterocycles. The van der Waals surface area contributed by atoms with Crippen LogP contribution in [-0.2, 0) is 0 Å². The van der Waals surface area contributed by atoms with Crippen molar-refractivity contribution in [1.82, 2.24) is 0 Å². The van der Waals surface area contributed by atoms with Crippen LogP contribution in [0.3, 0.4) is 0 Å². The summed E-state index contributed by atoms with van der Waals surface area (Å²) in [6.07, 6.45) is 2.24. The minimum absolute atomic E-state index is 0.340. The van der Waals surface area contributed by atoms with Crippen LogP contribution in [0, 0.1) is 12.8 Å². The molecule has 0 amide bonds. The Balaban J connectivity index is 2.07. The number of aliphatic hydroxyl groups is 1. The van der Waals surface area contributed by atoms with E-state index in [4.69, 9.17) is 5.11 Å². The lowest BCUT2D eigenvalue weighted by Gasteiger charge is -2.03. The third-order valence-corrected chi connectivity index (χ3v) is 3.01. The van der Waals surface area contributed by atoms with Gasteiger partial charge in [-0.15, -0.1) is 0 Å². The minimum Gasteiger partial charge on any atom is -0.396 e. The molecule has 0 bridgehead atoms. The molecule has 13 heavy (non-hydrogen) atoms. The number of aryl methyl sites for hydroxylation is 1. The molecule has 1 heteroatoms. The highest BCUT2D eigenvalue weighted by atomic mass is 16.3. The van der Waals surface area contributed by atoms with Gasteiger partial charge >= 0.3 is 0 Å². The second-order valence-corrected chi connectivity index (χ2v) is 3.97. The molecule has 1 N–H and O–H groups in total. The van der Waals surface area contributed by atoms with Gasteiger partial charge in [0.15, 0.2) is 0 Å². The first kappa shape index (κ1) is 8.76. The maximum absolute atomic E-state index is 8.81. The second-order valence-electron chi connectivity index (χ2n) is 3.97. The van der Waals surface area contributed by atoms with Gasteiger partial charge in [0.2, 0.25) is 0 Å². The van der Waals surface area contributed by atoms with E-state index in [2.05, 4.69) is 31.2 Å². The van der Waals surface area contributed by atoms with E-state index in [9.17, 15) is 0 Å². The highest BCUT2D eigenvalue weighted by Crippen LogP contribution is 2.50. The number of aliphatic hydroxyl groups excluding tert-OH is 1. The summed E-state index contributed by atoms with van der Waals surface area (Å²) < 4.78 is 0. The predicted octanol–water partition coefficient (Wildman–Crippen LogP) is 2.48. The SMILES string of the molecule is Cc1ccccc1C1CC1CCO. The maximum Gasteiger partial charge on any atom is 0.0433 e. The van der Waals surface area contributed by atoms with Crippen LogP contribution in [0.2, 0.25) is 0 Å². The Morgan fingerprint density at radius 2 is 2.15 bits per heavy atom. The Kier molecular flexibility index (Phi) is 2.36. The maximum atomic E-state index is 8.81. The van der Waals surface area contributed by atoms with Gasteiger partial charge in [0.1, 0.15) is 0 Å². The van der Waals surface area contributed by atoms with Crippen molar-refractivity contribution in [3.8, 4) is 0 Å². The predicted molar refractivity (Wildman–Crippen MR) is 53.7 cm³/mol. The standard InChI is InChI=1S/C12H16O/c1-9-4-2-3-5-11(9)12-8-10(12)6-7-13/h2-5,10,12-13H,6-8H2,1H3. The first-order valence-corrected chi connectivity index (χ1v) is 4.99. The van der Waals surface area contributed by atoms with Gasteiger partial charge in [0.25, 0.3) is 0 Å². The van der Waals surface area contributed by atoms with Crippen LogP contribution in [0.1, 0.15) is 29.9 Å². The Labute approximate surface area is 79.4 Å². The van der Waals surface area contributed by atoms with Crippen molar-refractivity contribution in [2.24, 2.45) is 5.92 Å². The van der Waals surface area contributed by atoms with Crippen molar-refractivity contribution < 1.29 is 5.11 Å². The average Bonchev–Trinajstić information content (AvgIpc) is 2.86. The highest BCUT2D eigenvalue weighted by molar-refractivity contribution is 5.33. The average molecular weight is 176 g/mol. The molecule has 1 aromatic rings. The third-order valence-electron chi connectivity index (χ3n) is 3.01. The summed E-state index contributed by atoms with van der Waals surface area (Å²) in [6, 6.07) is 8.58. The fourth-order valence-corrected chi connectivity index (χ4v) is 2.12. The van der Waals surface area contributed by atoms with Crippen molar-refractivity contribution in [2.45, 2.75) is 25.7 Å². The third kappa shape index (κ3) is 1.75. The summed E-state index contributed by atoms with van der Waals surface area (Å²) in [5, 5.41) is 8.81. The van der Waals surface area contributed by atoms with Crippen LogP contribution < -0.4 is 0 Å². The lowest BCUT2D eigenvalue weighted by Crippen LogP contribution is -1.90. The first-order valence-electron chi connectivity index (χ1n) is 4.99. The van der Waals surface area contributed by atoms with Crippen molar-refractivity contribution >= 4 is 0 Å². The van der Waals surface area contributed by atoms with Gasteiger partial charge in [0.05, 0.1) is 0 Å². The second kappa shape index (κ2) is 3.51. The van der Waals surface area contributed by atoms with Crippen LogP contribution >= 0.6 is 0 Å². The molecule has 0 heterocycles. The number of hydrogen-bond donors (Lipinski definition) is 1. The van der Waals surface area contributed by atoms with E-state index in [0.717, 1.165) is 18.3 Å². The summed E-state index contributed by atoms with van der Waals surface area (Å²) in [6.45, 7) is 2.51. The Morgan fingerprint density at radius 1 is 1.38 bits per heavy atom. The number of benzene rings is 1. The number of rotatable bonds is 3. The molecule has 1 fully saturated rings. The van der Waals surface area contributed by atoms with Gasteiger partial charge < -0.3 is 5.11 Å². The van der Waals surface area contributed by atoms with Crippen LogP contribution in [0.25, 0.3) is 0 Å². The molecule has 0 radical (unpaired) electrons. The minimum atomic E-state index is 0.340. The zero-order valence-electron chi connectivity index (χ0n) is 8.03. The summed E-state index contributed by atoms with van der Waals surface area (Å²) in [7, 11) is 0. The molecule has 1 aromatic carbocycles. The molecule has 2 atom stereocenters. The monoisotopic (exact) mass is 176 g/mol. The summed E-state index contributed by atoms with van der Waals surface area (Å²) in [5.74, 6) is 1.47. The summed E-state index contributed by atoms with van der Waals surface area (Å²) >= 11 is 0. The van der Waals surface area contributed by atoms with Crippen LogP contribution in [0.4, 0.5) is 0 Å². The van der Waals surface area contributed by atoms with Crippen molar-refractivity contribution in [3.63, 3.8) is 0 Å². The van der Waals surface area contributed by atoms with Gasteiger partial charge in [-0.3, -0.25) is 0 Å². The highest BCUT2D eigenvalue weighted by Gasteiger charge is 2.37. The van der Waals surface area contributed by atoms with Gasteiger partial charge in [-0.05, 0) is 42.7 Å². The molecule has 0 aromatic heterocycles. The normalized spacial score (nSPS) is 26.0. The Hall–Kier alpha value is -0.820. The molecular formula is C12H16O.